The highest BCUT2D eigenvalue weighted by Crippen LogP contribution is 2.20. The Bertz CT molecular complexity index is 493. The van der Waals surface area contributed by atoms with Gasteiger partial charge in [-0.25, -0.2) is 8.78 Å². The SMILES string of the molecule is CC1CC(C(=O)N(C)Cc2ccc(F)cc2F)CCN1. The Hall–Kier alpha value is -1.49. The molecule has 0 spiro atoms. The van der Waals surface area contributed by atoms with Crippen molar-refractivity contribution in [3.05, 3.63) is 35.4 Å². The van der Waals surface area contributed by atoms with Crippen LogP contribution in [0.3, 0.4) is 0 Å². The van der Waals surface area contributed by atoms with Gasteiger partial charge in [0.15, 0.2) is 0 Å². The van der Waals surface area contributed by atoms with Crippen molar-refractivity contribution in [3.63, 3.8) is 0 Å². The molecule has 110 valence electrons. The van der Waals surface area contributed by atoms with Crippen LogP contribution in [0.25, 0.3) is 0 Å². The van der Waals surface area contributed by atoms with Crippen LogP contribution in [0.15, 0.2) is 18.2 Å². The molecule has 1 aromatic carbocycles. The van der Waals surface area contributed by atoms with Crippen LogP contribution in [0, 0.1) is 17.6 Å². The lowest BCUT2D eigenvalue weighted by atomic mass is 9.92. The molecule has 1 aliphatic rings. The van der Waals surface area contributed by atoms with Crippen LogP contribution in [-0.4, -0.2) is 30.4 Å². The van der Waals surface area contributed by atoms with Crippen molar-refractivity contribution in [1.29, 1.82) is 0 Å². The first-order valence-electron chi connectivity index (χ1n) is 6.89. The normalized spacial score (nSPS) is 22.6. The molecule has 1 fully saturated rings. The Labute approximate surface area is 118 Å². The summed E-state index contributed by atoms with van der Waals surface area (Å²) in [7, 11) is 1.66. The van der Waals surface area contributed by atoms with E-state index < -0.39 is 11.6 Å². The van der Waals surface area contributed by atoms with Crippen LogP contribution in [0.4, 0.5) is 8.78 Å². The van der Waals surface area contributed by atoms with Gasteiger partial charge in [0.25, 0.3) is 0 Å². The van der Waals surface area contributed by atoms with Crippen LogP contribution in [0.2, 0.25) is 0 Å². The number of piperidine rings is 1. The fraction of sp³-hybridized carbons (Fsp3) is 0.533. The zero-order valence-electron chi connectivity index (χ0n) is 11.8. The lowest BCUT2D eigenvalue weighted by Gasteiger charge is -2.30. The molecule has 0 aliphatic carbocycles. The lowest BCUT2D eigenvalue weighted by molar-refractivity contribution is -0.135. The molecule has 1 saturated heterocycles. The first kappa shape index (κ1) is 14.9. The molecule has 0 aromatic heterocycles. The molecular formula is C15H20F2N2O. The second-order valence-corrected chi connectivity index (χ2v) is 5.51. The van der Waals surface area contributed by atoms with Gasteiger partial charge < -0.3 is 10.2 Å². The van der Waals surface area contributed by atoms with E-state index in [0.717, 1.165) is 25.5 Å². The standard InChI is InChI=1S/C15H20F2N2O/c1-10-7-11(5-6-18-10)15(20)19(2)9-12-3-4-13(16)8-14(12)17/h3-4,8,10-11,18H,5-7,9H2,1-2H3. The zero-order valence-corrected chi connectivity index (χ0v) is 11.8. The number of carbonyl (C=O) groups excluding carboxylic acids is 1. The zero-order chi connectivity index (χ0) is 14.7. The summed E-state index contributed by atoms with van der Waals surface area (Å²) in [6, 6.07) is 3.77. The molecule has 1 amide bonds. The predicted molar refractivity (Wildman–Crippen MR) is 73.0 cm³/mol. The van der Waals surface area contributed by atoms with E-state index in [9.17, 15) is 13.6 Å². The van der Waals surface area contributed by atoms with Gasteiger partial charge in [0.1, 0.15) is 11.6 Å². The molecule has 3 nitrogen and oxygen atoms in total. The summed E-state index contributed by atoms with van der Waals surface area (Å²) < 4.78 is 26.4. The van der Waals surface area contributed by atoms with Gasteiger partial charge in [0.2, 0.25) is 5.91 Å². The van der Waals surface area contributed by atoms with E-state index in [-0.39, 0.29) is 18.4 Å². The van der Waals surface area contributed by atoms with E-state index in [4.69, 9.17) is 0 Å². The molecule has 2 unspecified atom stereocenters. The Kier molecular flexibility index (Phi) is 4.70. The van der Waals surface area contributed by atoms with E-state index in [1.807, 2.05) is 0 Å². The third-order valence-electron chi connectivity index (χ3n) is 3.77. The van der Waals surface area contributed by atoms with Gasteiger partial charge in [-0.2, -0.15) is 0 Å². The smallest absolute Gasteiger partial charge is 0.225 e. The Morgan fingerprint density at radius 3 is 2.85 bits per heavy atom. The molecule has 0 saturated carbocycles. The number of benzene rings is 1. The summed E-state index contributed by atoms with van der Waals surface area (Å²) in [6.45, 7) is 3.05. The molecule has 5 heteroatoms. The molecular weight excluding hydrogens is 262 g/mol. The summed E-state index contributed by atoms with van der Waals surface area (Å²) in [5, 5.41) is 3.30. The minimum atomic E-state index is -0.608. The highest BCUT2D eigenvalue weighted by atomic mass is 19.1. The molecule has 0 bridgehead atoms. The number of carbonyl (C=O) groups is 1. The van der Waals surface area contributed by atoms with Crippen LogP contribution in [0.1, 0.15) is 25.3 Å². The summed E-state index contributed by atoms with van der Waals surface area (Å²) in [4.78, 5) is 13.9. The largest absolute Gasteiger partial charge is 0.341 e. The van der Waals surface area contributed by atoms with Gasteiger partial charge in [-0.3, -0.25) is 4.79 Å². The van der Waals surface area contributed by atoms with E-state index in [1.54, 1.807) is 7.05 Å². The highest BCUT2D eigenvalue weighted by molar-refractivity contribution is 5.78. The minimum absolute atomic E-state index is 0.0141. The van der Waals surface area contributed by atoms with Gasteiger partial charge in [-0.15, -0.1) is 0 Å². The van der Waals surface area contributed by atoms with Crippen molar-refractivity contribution in [2.24, 2.45) is 5.92 Å². The Balaban J connectivity index is 2.00. The van der Waals surface area contributed by atoms with Gasteiger partial charge >= 0.3 is 0 Å². The quantitative estimate of drug-likeness (QED) is 0.922. The maximum absolute atomic E-state index is 13.6. The maximum atomic E-state index is 13.6. The van der Waals surface area contributed by atoms with Crippen molar-refractivity contribution in [2.75, 3.05) is 13.6 Å². The number of hydrogen-bond donors (Lipinski definition) is 1. The third-order valence-corrected chi connectivity index (χ3v) is 3.77. The summed E-state index contributed by atoms with van der Waals surface area (Å²) in [6.07, 6.45) is 1.61. The molecule has 1 aliphatic heterocycles. The van der Waals surface area contributed by atoms with Crippen molar-refractivity contribution < 1.29 is 13.6 Å². The monoisotopic (exact) mass is 282 g/mol. The number of nitrogens with one attached hydrogen (secondary N) is 1. The predicted octanol–water partition coefficient (Wildman–Crippen LogP) is 2.31. The number of halogens is 2. The minimum Gasteiger partial charge on any atom is -0.341 e. The van der Waals surface area contributed by atoms with Gasteiger partial charge in [-0.1, -0.05) is 6.07 Å². The molecule has 1 N–H and O–H groups in total. The molecule has 2 atom stereocenters. The van der Waals surface area contributed by atoms with Crippen LogP contribution in [0.5, 0.6) is 0 Å². The second-order valence-electron chi connectivity index (χ2n) is 5.51. The molecule has 1 heterocycles. The first-order chi connectivity index (χ1) is 9.47. The second kappa shape index (κ2) is 6.31. The van der Waals surface area contributed by atoms with Gasteiger partial charge in [-0.05, 0) is 32.4 Å². The highest BCUT2D eigenvalue weighted by Gasteiger charge is 2.27. The van der Waals surface area contributed by atoms with Gasteiger partial charge in [0.05, 0.1) is 0 Å². The van der Waals surface area contributed by atoms with Crippen LogP contribution < -0.4 is 5.32 Å². The summed E-state index contributed by atoms with van der Waals surface area (Å²) in [5.74, 6) is -1.20. The Morgan fingerprint density at radius 1 is 1.45 bits per heavy atom. The number of amides is 1. The molecule has 0 radical (unpaired) electrons. The van der Waals surface area contributed by atoms with E-state index in [0.29, 0.717) is 11.6 Å². The number of nitrogens with zero attached hydrogens (tertiary/aromatic N) is 1. The van der Waals surface area contributed by atoms with Crippen molar-refractivity contribution in [2.45, 2.75) is 32.4 Å². The van der Waals surface area contributed by atoms with Crippen LogP contribution in [-0.2, 0) is 11.3 Å². The van der Waals surface area contributed by atoms with Crippen LogP contribution >= 0.6 is 0 Å². The molecule has 1 aromatic rings. The fourth-order valence-electron chi connectivity index (χ4n) is 2.65. The summed E-state index contributed by atoms with van der Waals surface area (Å²) in [5.41, 5.74) is 0.337. The fourth-order valence-corrected chi connectivity index (χ4v) is 2.65. The van der Waals surface area contributed by atoms with Crippen molar-refractivity contribution in [3.8, 4) is 0 Å². The number of hydrogen-bond acceptors (Lipinski definition) is 2. The lowest BCUT2D eigenvalue weighted by Crippen LogP contribution is -2.42. The van der Waals surface area contributed by atoms with Gasteiger partial charge in [0, 0.05) is 37.2 Å². The first-order valence-corrected chi connectivity index (χ1v) is 6.89. The van der Waals surface area contributed by atoms with Crippen molar-refractivity contribution >= 4 is 5.91 Å². The van der Waals surface area contributed by atoms with Crippen molar-refractivity contribution in [1.82, 2.24) is 10.2 Å². The average Bonchev–Trinajstić information content (AvgIpc) is 2.41. The third kappa shape index (κ3) is 3.54. The van der Waals surface area contributed by atoms with E-state index >= 15 is 0 Å². The molecule has 2 rings (SSSR count). The van der Waals surface area contributed by atoms with E-state index in [1.165, 1.54) is 17.0 Å². The Morgan fingerprint density at radius 2 is 2.20 bits per heavy atom. The molecule has 20 heavy (non-hydrogen) atoms. The topological polar surface area (TPSA) is 32.3 Å². The van der Waals surface area contributed by atoms with E-state index in [2.05, 4.69) is 12.2 Å². The number of rotatable bonds is 3. The summed E-state index contributed by atoms with van der Waals surface area (Å²) >= 11 is 0. The average molecular weight is 282 g/mol. The maximum Gasteiger partial charge on any atom is 0.225 e.